The smallest absolute Gasteiger partial charge is 0.255 e. The molecule has 0 unspecified atom stereocenters. The molecule has 0 bridgehead atoms. The first-order chi connectivity index (χ1) is 11.9. The molecule has 1 aliphatic heterocycles. The van der Waals surface area contributed by atoms with Crippen molar-refractivity contribution in [3.63, 3.8) is 0 Å². The van der Waals surface area contributed by atoms with Crippen LogP contribution in [0.2, 0.25) is 0 Å². The van der Waals surface area contributed by atoms with Crippen molar-refractivity contribution in [2.75, 3.05) is 5.32 Å². The molecule has 7 heteroatoms. The Labute approximate surface area is 148 Å². The van der Waals surface area contributed by atoms with E-state index in [1.165, 1.54) is 36.4 Å². The predicted molar refractivity (Wildman–Crippen MR) is 95.7 cm³/mol. The Hall–Kier alpha value is -2.80. The highest BCUT2D eigenvalue weighted by molar-refractivity contribution is 7.80. The van der Waals surface area contributed by atoms with Gasteiger partial charge in [0, 0.05) is 11.4 Å². The molecular formula is C18H15F2N3OS. The fraction of sp³-hybridized carbons (Fsp3) is 0.111. The number of anilines is 1. The lowest BCUT2D eigenvalue weighted by Crippen LogP contribution is -2.45. The molecule has 0 saturated carbocycles. The molecule has 1 amide bonds. The molecule has 1 atom stereocenters. The van der Waals surface area contributed by atoms with Crippen LogP contribution in [0.15, 0.2) is 59.8 Å². The second kappa shape index (κ2) is 6.98. The van der Waals surface area contributed by atoms with E-state index < -0.39 is 17.7 Å². The van der Waals surface area contributed by atoms with E-state index >= 15 is 0 Å². The van der Waals surface area contributed by atoms with Crippen molar-refractivity contribution in [2.45, 2.75) is 13.0 Å². The average molecular weight is 359 g/mol. The normalized spacial score (nSPS) is 16.9. The van der Waals surface area contributed by atoms with Crippen LogP contribution in [0.5, 0.6) is 0 Å². The quantitative estimate of drug-likeness (QED) is 0.736. The molecular weight excluding hydrogens is 344 g/mol. The number of allylic oxidation sites excluding steroid dienone is 1. The Balaban J connectivity index is 1.94. The lowest BCUT2D eigenvalue weighted by Gasteiger charge is -2.30. The summed E-state index contributed by atoms with van der Waals surface area (Å²) in [7, 11) is 0. The number of nitrogens with one attached hydrogen (secondary N) is 3. The summed E-state index contributed by atoms with van der Waals surface area (Å²) in [6.07, 6.45) is 0. The second-order valence-electron chi connectivity index (χ2n) is 5.59. The van der Waals surface area contributed by atoms with Crippen molar-refractivity contribution in [2.24, 2.45) is 0 Å². The molecule has 3 rings (SSSR count). The van der Waals surface area contributed by atoms with Gasteiger partial charge in [0.05, 0.1) is 11.6 Å². The third-order valence-corrected chi connectivity index (χ3v) is 4.02. The van der Waals surface area contributed by atoms with Crippen molar-refractivity contribution >= 4 is 28.9 Å². The Morgan fingerprint density at radius 3 is 2.52 bits per heavy atom. The van der Waals surface area contributed by atoms with E-state index in [9.17, 15) is 13.6 Å². The van der Waals surface area contributed by atoms with Gasteiger partial charge in [-0.3, -0.25) is 4.79 Å². The molecule has 2 aromatic rings. The summed E-state index contributed by atoms with van der Waals surface area (Å²) in [5.74, 6) is -1.18. The molecule has 3 N–H and O–H groups in total. The maximum Gasteiger partial charge on any atom is 0.255 e. The maximum absolute atomic E-state index is 13.6. The summed E-state index contributed by atoms with van der Waals surface area (Å²) in [5.41, 5.74) is 1.98. The van der Waals surface area contributed by atoms with E-state index in [1.807, 2.05) is 0 Å². The van der Waals surface area contributed by atoms with Crippen LogP contribution in [0.25, 0.3) is 0 Å². The van der Waals surface area contributed by atoms with Gasteiger partial charge in [-0.1, -0.05) is 12.1 Å². The Morgan fingerprint density at radius 2 is 1.84 bits per heavy atom. The second-order valence-corrected chi connectivity index (χ2v) is 5.99. The zero-order valence-corrected chi connectivity index (χ0v) is 14.1. The fourth-order valence-electron chi connectivity index (χ4n) is 2.66. The zero-order valence-electron chi connectivity index (χ0n) is 13.3. The lowest BCUT2D eigenvalue weighted by molar-refractivity contribution is -0.113. The van der Waals surface area contributed by atoms with E-state index in [0.717, 1.165) is 0 Å². The fourth-order valence-corrected chi connectivity index (χ4v) is 2.93. The predicted octanol–water partition coefficient (Wildman–Crippen LogP) is 3.40. The van der Waals surface area contributed by atoms with Crippen LogP contribution < -0.4 is 16.0 Å². The van der Waals surface area contributed by atoms with Crippen molar-refractivity contribution in [3.05, 3.63) is 77.0 Å². The third kappa shape index (κ3) is 3.83. The molecule has 4 nitrogen and oxygen atoms in total. The summed E-state index contributed by atoms with van der Waals surface area (Å²) >= 11 is 5.15. The summed E-state index contributed by atoms with van der Waals surface area (Å²) < 4.78 is 26.6. The first-order valence-corrected chi connectivity index (χ1v) is 7.95. The Morgan fingerprint density at radius 1 is 1.12 bits per heavy atom. The topological polar surface area (TPSA) is 53.2 Å². The van der Waals surface area contributed by atoms with Crippen molar-refractivity contribution < 1.29 is 13.6 Å². The van der Waals surface area contributed by atoms with Crippen LogP contribution in [-0.2, 0) is 4.79 Å². The minimum absolute atomic E-state index is 0.352. The summed E-state index contributed by atoms with van der Waals surface area (Å²) in [4.78, 5) is 12.8. The molecule has 0 spiro atoms. The van der Waals surface area contributed by atoms with Gasteiger partial charge in [-0.05, 0) is 61.1 Å². The van der Waals surface area contributed by atoms with Gasteiger partial charge in [-0.25, -0.2) is 8.78 Å². The largest absolute Gasteiger partial charge is 0.351 e. The van der Waals surface area contributed by atoms with Crippen LogP contribution in [0, 0.1) is 11.6 Å². The van der Waals surface area contributed by atoms with Gasteiger partial charge in [-0.2, -0.15) is 0 Å². The molecule has 0 aliphatic carbocycles. The third-order valence-electron chi connectivity index (χ3n) is 3.80. The minimum Gasteiger partial charge on any atom is -0.351 e. The molecule has 2 aromatic carbocycles. The molecule has 25 heavy (non-hydrogen) atoms. The van der Waals surface area contributed by atoms with E-state index in [2.05, 4.69) is 16.0 Å². The number of carbonyl (C=O) groups is 1. The Kier molecular flexibility index (Phi) is 4.76. The number of halogens is 2. The van der Waals surface area contributed by atoms with Gasteiger partial charge in [0.25, 0.3) is 5.91 Å². The number of thiocarbonyl (C=S) groups is 1. The van der Waals surface area contributed by atoms with Gasteiger partial charge < -0.3 is 16.0 Å². The van der Waals surface area contributed by atoms with E-state index in [1.54, 1.807) is 19.1 Å². The van der Waals surface area contributed by atoms with Crippen LogP contribution in [0.3, 0.4) is 0 Å². The minimum atomic E-state index is -0.593. The zero-order chi connectivity index (χ0) is 18.0. The molecule has 0 fully saturated rings. The monoisotopic (exact) mass is 359 g/mol. The SMILES string of the molecule is CC1=C(C(=O)Nc2ccc(F)cc2)[C@@H](c2cccc(F)c2)NC(=S)N1. The van der Waals surface area contributed by atoms with Crippen LogP contribution >= 0.6 is 12.2 Å². The number of rotatable bonds is 3. The van der Waals surface area contributed by atoms with Crippen molar-refractivity contribution in [3.8, 4) is 0 Å². The molecule has 0 radical (unpaired) electrons. The van der Waals surface area contributed by atoms with E-state index in [-0.39, 0.29) is 5.91 Å². The number of hydrogen-bond acceptors (Lipinski definition) is 2. The number of benzene rings is 2. The first-order valence-electron chi connectivity index (χ1n) is 7.54. The standard InChI is InChI=1S/C18H15F2N3OS/c1-10-15(17(24)22-14-7-5-12(19)6-8-14)16(23-18(25)21-10)11-3-2-4-13(20)9-11/h2-9,16H,1H3,(H,22,24)(H2,21,23,25)/t16-/m1/s1. The molecule has 1 heterocycles. The summed E-state index contributed by atoms with van der Waals surface area (Å²) in [6, 6.07) is 10.8. The maximum atomic E-state index is 13.6. The van der Waals surface area contributed by atoms with Crippen molar-refractivity contribution in [1.29, 1.82) is 0 Å². The Bertz CT molecular complexity index is 865. The molecule has 0 aromatic heterocycles. The summed E-state index contributed by atoms with van der Waals surface area (Å²) in [5, 5.41) is 8.97. The first kappa shape index (κ1) is 17.0. The van der Waals surface area contributed by atoms with Gasteiger partial charge >= 0.3 is 0 Å². The van der Waals surface area contributed by atoms with Crippen LogP contribution in [0.4, 0.5) is 14.5 Å². The number of hydrogen-bond donors (Lipinski definition) is 3. The van der Waals surface area contributed by atoms with Gasteiger partial charge in [-0.15, -0.1) is 0 Å². The molecule has 0 saturated heterocycles. The number of carbonyl (C=O) groups excluding carboxylic acids is 1. The average Bonchev–Trinajstić information content (AvgIpc) is 2.56. The molecule has 128 valence electrons. The van der Waals surface area contributed by atoms with Crippen LogP contribution in [0.1, 0.15) is 18.5 Å². The van der Waals surface area contributed by atoms with Crippen molar-refractivity contribution in [1.82, 2.24) is 10.6 Å². The summed E-state index contributed by atoms with van der Waals surface area (Å²) in [6.45, 7) is 1.72. The van der Waals surface area contributed by atoms with Gasteiger partial charge in [0.15, 0.2) is 5.11 Å². The van der Waals surface area contributed by atoms with E-state index in [0.29, 0.717) is 27.6 Å². The van der Waals surface area contributed by atoms with Gasteiger partial charge in [0.1, 0.15) is 11.6 Å². The highest BCUT2D eigenvalue weighted by Gasteiger charge is 2.30. The lowest BCUT2D eigenvalue weighted by atomic mass is 9.95. The number of amides is 1. The highest BCUT2D eigenvalue weighted by Crippen LogP contribution is 2.28. The van der Waals surface area contributed by atoms with E-state index in [4.69, 9.17) is 12.2 Å². The van der Waals surface area contributed by atoms with Gasteiger partial charge in [0.2, 0.25) is 0 Å². The van der Waals surface area contributed by atoms with Crippen LogP contribution in [-0.4, -0.2) is 11.0 Å². The highest BCUT2D eigenvalue weighted by atomic mass is 32.1. The molecule has 1 aliphatic rings.